The summed E-state index contributed by atoms with van der Waals surface area (Å²) in [6, 6.07) is 5.86. The molecule has 25 heavy (non-hydrogen) atoms. The van der Waals surface area contributed by atoms with E-state index in [9.17, 15) is 4.79 Å². The number of hydrogen-bond donors (Lipinski definition) is 1. The third-order valence-electron chi connectivity index (χ3n) is 4.58. The van der Waals surface area contributed by atoms with E-state index in [1.807, 2.05) is 30.9 Å². The van der Waals surface area contributed by atoms with Crippen LogP contribution in [0.15, 0.2) is 30.6 Å². The van der Waals surface area contributed by atoms with Crippen molar-refractivity contribution in [2.24, 2.45) is 0 Å². The Morgan fingerprint density at radius 2 is 1.80 bits per heavy atom. The number of nitrogens with one attached hydrogen (secondary N) is 1. The predicted molar refractivity (Wildman–Crippen MR) is 103 cm³/mol. The Morgan fingerprint density at radius 3 is 2.48 bits per heavy atom. The highest BCUT2D eigenvalue weighted by molar-refractivity contribution is 6.33. The van der Waals surface area contributed by atoms with Gasteiger partial charge in [0.15, 0.2) is 0 Å². The van der Waals surface area contributed by atoms with Gasteiger partial charge in [0.1, 0.15) is 0 Å². The molecule has 1 amide bonds. The standard InChI is InChI=1S/C20H24ClN3O/c1-14-9-15(2)19(18(21)10-14)23-17-11-16(12-22-13-17)20(25)24-7-5-3-4-6-8-24/h9-13,23H,3-8H2,1-2H3. The summed E-state index contributed by atoms with van der Waals surface area (Å²) in [6.07, 6.45) is 7.92. The van der Waals surface area contributed by atoms with E-state index in [1.54, 1.807) is 12.4 Å². The molecule has 0 bridgehead atoms. The fourth-order valence-electron chi connectivity index (χ4n) is 3.30. The highest BCUT2D eigenvalue weighted by atomic mass is 35.5. The van der Waals surface area contributed by atoms with Crippen LogP contribution >= 0.6 is 11.6 Å². The van der Waals surface area contributed by atoms with Gasteiger partial charge in [-0.05, 0) is 49.9 Å². The smallest absolute Gasteiger partial charge is 0.255 e. The van der Waals surface area contributed by atoms with Crippen LogP contribution in [-0.2, 0) is 0 Å². The minimum absolute atomic E-state index is 0.0600. The first-order valence-corrected chi connectivity index (χ1v) is 9.20. The lowest BCUT2D eigenvalue weighted by Gasteiger charge is -2.20. The monoisotopic (exact) mass is 357 g/mol. The molecule has 1 aliphatic rings. The molecule has 2 heterocycles. The number of halogens is 1. The first-order valence-electron chi connectivity index (χ1n) is 8.82. The maximum Gasteiger partial charge on any atom is 0.255 e. The van der Waals surface area contributed by atoms with Crippen molar-refractivity contribution >= 4 is 28.9 Å². The molecule has 1 N–H and O–H groups in total. The number of pyridine rings is 1. The number of aryl methyl sites for hydroxylation is 2. The normalized spacial score (nSPS) is 14.9. The van der Waals surface area contributed by atoms with Crippen molar-refractivity contribution in [1.82, 2.24) is 9.88 Å². The molecule has 1 saturated heterocycles. The van der Waals surface area contributed by atoms with E-state index in [2.05, 4.69) is 16.4 Å². The number of aromatic nitrogens is 1. The van der Waals surface area contributed by atoms with Gasteiger partial charge < -0.3 is 10.2 Å². The van der Waals surface area contributed by atoms with Crippen molar-refractivity contribution in [3.05, 3.63) is 52.3 Å². The van der Waals surface area contributed by atoms with E-state index >= 15 is 0 Å². The highest BCUT2D eigenvalue weighted by Gasteiger charge is 2.18. The molecule has 4 nitrogen and oxygen atoms in total. The summed E-state index contributed by atoms with van der Waals surface area (Å²) >= 11 is 6.37. The summed E-state index contributed by atoms with van der Waals surface area (Å²) < 4.78 is 0. The number of rotatable bonds is 3. The van der Waals surface area contributed by atoms with Gasteiger partial charge in [-0.15, -0.1) is 0 Å². The zero-order valence-electron chi connectivity index (χ0n) is 14.8. The summed E-state index contributed by atoms with van der Waals surface area (Å²) in [5.41, 5.74) is 4.43. The Labute approximate surface area is 154 Å². The molecule has 0 unspecified atom stereocenters. The quantitative estimate of drug-likeness (QED) is 0.830. The second kappa shape index (κ2) is 7.87. The molecule has 132 valence electrons. The number of likely N-dealkylation sites (tertiary alicyclic amines) is 1. The van der Waals surface area contributed by atoms with Gasteiger partial charge in [0, 0.05) is 19.3 Å². The second-order valence-corrected chi connectivity index (χ2v) is 7.14. The number of carbonyl (C=O) groups is 1. The van der Waals surface area contributed by atoms with Crippen LogP contribution in [0, 0.1) is 13.8 Å². The molecule has 2 aromatic rings. The second-order valence-electron chi connectivity index (χ2n) is 6.73. The lowest BCUT2D eigenvalue weighted by Crippen LogP contribution is -2.31. The van der Waals surface area contributed by atoms with Crippen molar-refractivity contribution in [3.8, 4) is 0 Å². The average molecular weight is 358 g/mol. The van der Waals surface area contributed by atoms with Crippen molar-refractivity contribution in [3.63, 3.8) is 0 Å². The van der Waals surface area contributed by atoms with Crippen LogP contribution < -0.4 is 5.32 Å². The van der Waals surface area contributed by atoms with Crippen molar-refractivity contribution in [2.45, 2.75) is 39.5 Å². The topological polar surface area (TPSA) is 45.2 Å². The van der Waals surface area contributed by atoms with E-state index in [1.165, 1.54) is 12.8 Å². The van der Waals surface area contributed by atoms with Gasteiger partial charge in [0.2, 0.25) is 0 Å². The van der Waals surface area contributed by atoms with Gasteiger partial charge in [0.05, 0.1) is 28.2 Å². The van der Waals surface area contributed by atoms with E-state index in [-0.39, 0.29) is 5.91 Å². The lowest BCUT2D eigenvalue weighted by molar-refractivity contribution is 0.0761. The molecule has 0 radical (unpaired) electrons. The molecular formula is C20H24ClN3O. The van der Waals surface area contributed by atoms with Crippen LogP contribution in [0.25, 0.3) is 0 Å². The predicted octanol–water partition coefficient (Wildman–Crippen LogP) is 5.11. The maximum atomic E-state index is 12.8. The molecule has 0 aliphatic carbocycles. The highest BCUT2D eigenvalue weighted by Crippen LogP contribution is 2.30. The van der Waals surface area contributed by atoms with Crippen molar-refractivity contribution in [1.29, 1.82) is 0 Å². The SMILES string of the molecule is Cc1cc(C)c(Nc2cncc(C(=O)N3CCCCCC3)c2)c(Cl)c1. The van der Waals surface area contributed by atoms with Crippen LogP contribution in [0.1, 0.15) is 47.2 Å². The Balaban J connectivity index is 1.81. The molecule has 3 rings (SSSR count). The fraction of sp³-hybridized carbons (Fsp3) is 0.400. The number of hydrogen-bond acceptors (Lipinski definition) is 3. The molecule has 0 saturated carbocycles. The maximum absolute atomic E-state index is 12.8. The van der Waals surface area contributed by atoms with Crippen LogP contribution in [0.2, 0.25) is 5.02 Å². The Kier molecular flexibility index (Phi) is 5.59. The van der Waals surface area contributed by atoms with E-state index in [0.717, 1.165) is 48.4 Å². The number of carbonyl (C=O) groups excluding carboxylic acids is 1. The number of anilines is 2. The number of amides is 1. The Hall–Kier alpha value is -2.07. The van der Waals surface area contributed by atoms with Crippen molar-refractivity contribution < 1.29 is 4.79 Å². The zero-order valence-corrected chi connectivity index (χ0v) is 15.6. The summed E-state index contributed by atoms with van der Waals surface area (Å²) in [5.74, 6) is 0.0600. The van der Waals surface area contributed by atoms with Gasteiger partial charge in [-0.3, -0.25) is 9.78 Å². The minimum atomic E-state index is 0.0600. The molecule has 0 spiro atoms. The number of nitrogens with zero attached hydrogens (tertiary/aromatic N) is 2. The Morgan fingerprint density at radius 1 is 1.08 bits per heavy atom. The Bertz CT molecular complexity index is 744. The molecule has 5 heteroatoms. The van der Waals surface area contributed by atoms with Gasteiger partial charge in [-0.1, -0.05) is 30.5 Å². The van der Waals surface area contributed by atoms with Crippen LogP contribution in [0.5, 0.6) is 0 Å². The zero-order chi connectivity index (χ0) is 17.8. The van der Waals surface area contributed by atoms with E-state index in [0.29, 0.717) is 10.6 Å². The summed E-state index contributed by atoms with van der Waals surface area (Å²) in [5, 5.41) is 3.98. The molecule has 0 atom stereocenters. The third-order valence-corrected chi connectivity index (χ3v) is 4.88. The van der Waals surface area contributed by atoms with Crippen molar-refractivity contribution in [2.75, 3.05) is 18.4 Å². The van der Waals surface area contributed by atoms with Gasteiger partial charge >= 0.3 is 0 Å². The van der Waals surface area contributed by atoms with E-state index in [4.69, 9.17) is 11.6 Å². The largest absolute Gasteiger partial charge is 0.353 e. The lowest BCUT2D eigenvalue weighted by atomic mass is 10.1. The molecule has 1 aromatic heterocycles. The average Bonchev–Trinajstić information content (AvgIpc) is 2.87. The first kappa shape index (κ1) is 17.7. The van der Waals surface area contributed by atoms with Gasteiger partial charge in [-0.25, -0.2) is 0 Å². The van der Waals surface area contributed by atoms with Crippen LogP contribution in [-0.4, -0.2) is 28.9 Å². The first-order chi connectivity index (χ1) is 12.0. The van der Waals surface area contributed by atoms with Crippen LogP contribution in [0.4, 0.5) is 11.4 Å². The van der Waals surface area contributed by atoms with Gasteiger partial charge in [0.25, 0.3) is 5.91 Å². The van der Waals surface area contributed by atoms with Crippen LogP contribution in [0.3, 0.4) is 0 Å². The molecule has 1 fully saturated rings. The molecular weight excluding hydrogens is 334 g/mol. The number of benzene rings is 1. The molecule has 1 aliphatic heterocycles. The van der Waals surface area contributed by atoms with E-state index < -0.39 is 0 Å². The summed E-state index contributed by atoms with van der Waals surface area (Å²) in [4.78, 5) is 19.0. The fourth-order valence-corrected chi connectivity index (χ4v) is 3.67. The third kappa shape index (κ3) is 4.31. The van der Waals surface area contributed by atoms with Gasteiger partial charge in [-0.2, -0.15) is 0 Å². The minimum Gasteiger partial charge on any atom is -0.353 e. The summed E-state index contributed by atoms with van der Waals surface area (Å²) in [6.45, 7) is 5.70. The summed E-state index contributed by atoms with van der Waals surface area (Å²) in [7, 11) is 0. The molecule has 1 aromatic carbocycles.